The van der Waals surface area contributed by atoms with E-state index < -0.39 is 0 Å². The summed E-state index contributed by atoms with van der Waals surface area (Å²) in [6.07, 6.45) is 5.07. The summed E-state index contributed by atoms with van der Waals surface area (Å²) in [4.78, 5) is 20.4. The molecule has 1 amide bonds. The molecular formula is C18H20N6O2. The topological polar surface area (TPSA) is 109 Å². The maximum Gasteiger partial charge on any atom is 0.220 e. The van der Waals surface area contributed by atoms with Crippen LogP contribution in [0.1, 0.15) is 25.1 Å². The van der Waals surface area contributed by atoms with Gasteiger partial charge in [0.25, 0.3) is 0 Å². The van der Waals surface area contributed by atoms with Gasteiger partial charge in [-0.25, -0.2) is 9.97 Å². The highest BCUT2D eigenvalue weighted by molar-refractivity contribution is 5.76. The molecule has 4 rings (SSSR count). The predicted molar refractivity (Wildman–Crippen MR) is 94.7 cm³/mol. The number of hydrogen-bond acceptors (Lipinski definition) is 6. The van der Waals surface area contributed by atoms with E-state index in [-0.39, 0.29) is 11.8 Å². The second kappa shape index (κ2) is 6.70. The first-order valence-electron chi connectivity index (χ1n) is 8.65. The van der Waals surface area contributed by atoms with Crippen LogP contribution in [0.3, 0.4) is 0 Å². The molecule has 3 aromatic rings. The van der Waals surface area contributed by atoms with Crippen molar-refractivity contribution >= 4 is 17.1 Å². The molecule has 0 bridgehead atoms. The van der Waals surface area contributed by atoms with Crippen LogP contribution >= 0.6 is 0 Å². The van der Waals surface area contributed by atoms with Crippen molar-refractivity contribution in [1.82, 2.24) is 25.0 Å². The van der Waals surface area contributed by atoms with E-state index in [0.717, 1.165) is 42.9 Å². The maximum atomic E-state index is 11.3. The number of nitrogens with two attached hydrogens (primary N) is 1. The molecule has 1 aromatic carbocycles. The maximum absolute atomic E-state index is 11.3. The van der Waals surface area contributed by atoms with Crippen LogP contribution in [-0.2, 0) is 11.2 Å². The van der Waals surface area contributed by atoms with Crippen LogP contribution < -0.4 is 10.5 Å². The van der Waals surface area contributed by atoms with Crippen LogP contribution in [-0.4, -0.2) is 38.0 Å². The average molecular weight is 352 g/mol. The molecule has 134 valence electrons. The van der Waals surface area contributed by atoms with Gasteiger partial charge in [-0.2, -0.15) is 4.68 Å². The van der Waals surface area contributed by atoms with Gasteiger partial charge in [-0.1, -0.05) is 5.21 Å². The summed E-state index contributed by atoms with van der Waals surface area (Å²) in [5.41, 5.74) is 7.59. The molecule has 1 saturated carbocycles. The number of aromatic nitrogens is 5. The molecule has 2 heterocycles. The Kier molecular flexibility index (Phi) is 4.24. The summed E-state index contributed by atoms with van der Waals surface area (Å²) in [6.45, 7) is 0. The zero-order valence-electron chi connectivity index (χ0n) is 14.5. The lowest BCUT2D eigenvalue weighted by Crippen LogP contribution is -2.21. The zero-order valence-corrected chi connectivity index (χ0v) is 14.5. The van der Waals surface area contributed by atoms with E-state index in [1.54, 1.807) is 18.0 Å². The first-order valence-corrected chi connectivity index (χ1v) is 8.65. The third-order valence-corrected chi connectivity index (χ3v) is 4.97. The van der Waals surface area contributed by atoms with Crippen LogP contribution in [0.15, 0.2) is 30.5 Å². The van der Waals surface area contributed by atoms with Crippen LogP contribution in [0.4, 0.5) is 0 Å². The first kappa shape index (κ1) is 16.4. The van der Waals surface area contributed by atoms with Crippen LogP contribution in [0, 0.1) is 11.8 Å². The van der Waals surface area contributed by atoms with E-state index in [0.29, 0.717) is 17.1 Å². The lowest BCUT2D eigenvalue weighted by molar-refractivity contribution is -0.121. The Bertz CT molecular complexity index is 937. The molecule has 0 unspecified atom stereocenters. The van der Waals surface area contributed by atoms with Gasteiger partial charge in [0.2, 0.25) is 5.91 Å². The van der Waals surface area contributed by atoms with Crippen molar-refractivity contribution in [2.75, 3.05) is 7.11 Å². The smallest absolute Gasteiger partial charge is 0.220 e. The number of primary amides is 1. The molecule has 2 N–H and O–H groups in total. The van der Waals surface area contributed by atoms with Crippen LogP contribution in [0.2, 0.25) is 0 Å². The van der Waals surface area contributed by atoms with Gasteiger partial charge >= 0.3 is 0 Å². The van der Waals surface area contributed by atoms with E-state index in [2.05, 4.69) is 20.3 Å². The van der Waals surface area contributed by atoms with Gasteiger partial charge in [0.1, 0.15) is 11.6 Å². The number of carbonyl (C=O) groups is 1. The summed E-state index contributed by atoms with van der Waals surface area (Å²) >= 11 is 0. The second-order valence-corrected chi connectivity index (χ2v) is 6.68. The van der Waals surface area contributed by atoms with Gasteiger partial charge in [0, 0.05) is 12.3 Å². The van der Waals surface area contributed by atoms with Crippen LogP contribution in [0.25, 0.3) is 16.9 Å². The molecule has 0 aliphatic heterocycles. The van der Waals surface area contributed by atoms with Crippen molar-refractivity contribution in [1.29, 1.82) is 0 Å². The Labute approximate surface area is 150 Å². The van der Waals surface area contributed by atoms with E-state index in [1.165, 1.54) is 0 Å². The predicted octanol–water partition coefficient (Wildman–Crippen LogP) is 1.66. The normalized spacial score (nSPS) is 19.7. The number of amides is 1. The number of carbonyl (C=O) groups excluding carboxylic acids is 1. The van der Waals surface area contributed by atoms with Crippen molar-refractivity contribution in [3.63, 3.8) is 0 Å². The summed E-state index contributed by atoms with van der Waals surface area (Å²) < 4.78 is 6.88. The highest BCUT2D eigenvalue weighted by Crippen LogP contribution is 2.32. The number of methoxy groups -OCH3 is 1. The molecule has 8 nitrogen and oxygen atoms in total. The van der Waals surface area contributed by atoms with Crippen molar-refractivity contribution in [3.8, 4) is 11.4 Å². The molecule has 0 radical (unpaired) electrons. The molecule has 1 aliphatic rings. The van der Waals surface area contributed by atoms with E-state index in [9.17, 15) is 4.79 Å². The van der Waals surface area contributed by atoms with Crippen LogP contribution in [0.5, 0.6) is 5.75 Å². The lowest BCUT2D eigenvalue weighted by atomic mass is 10.0. The molecule has 2 atom stereocenters. The fourth-order valence-electron chi connectivity index (χ4n) is 3.54. The quantitative estimate of drug-likeness (QED) is 0.748. The number of hydrogen-bond donors (Lipinski definition) is 1. The Hall–Kier alpha value is -3.03. The van der Waals surface area contributed by atoms with Gasteiger partial charge in [-0.3, -0.25) is 4.79 Å². The minimum atomic E-state index is -0.203. The lowest BCUT2D eigenvalue weighted by Gasteiger charge is -2.09. The summed E-state index contributed by atoms with van der Waals surface area (Å²) in [5.74, 6) is 1.68. The standard InChI is InChI=1S/C18H20N6O2/c1-26-14-6-4-13(5-7-14)24-18-15(22-23-24)10-20-16(21-18)9-11-2-3-12(8-11)17(19)25/h4-7,10-12H,2-3,8-9H2,1H3,(H2,19,25)/t11-,12-/m0/s1. The zero-order chi connectivity index (χ0) is 18.1. The minimum Gasteiger partial charge on any atom is -0.497 e. The highest BCUT2D eigenvalue weighted by Gasteiger charge is 2.29. The molecule has 1 fully saturated rings. The van der Waals surface area contributed by atoms with Gasteiger partial charge in [0.05, 0.1) is 19.0 Å². The van der Waals surface area contributed by atoms with Crippen molar-refractivity contribution in [2.24, 2.45) is 17.6 Å². The number of ether oxygens (including phenoxy) is 1. The number of rotatable bonds is 5. The highest BCUT2D eigenvalue weighted by atomic mass is 16.5. The van der Waals surface area contributed by atoms with E-state index in [1.807, 2.05) is 24.3 Å². The van der Waals surface area contributed by atoms with Gasteiger partial charge in [-0.15, -0.1) is 5.10 Å². The Morgan fingerprint density at radius 2 is 2.12 bits per heavy atom. The largest absolute Gasteiger partial charge is 0.497 e. The number of nitrogens with zero attached hydrogens (tertiary/aromatic N) is 5. The molecule has 0 saturated heterocycles. The van der Waals surface area contributed by atoms with Gasteiger partial charge in [-0.05, 0) is 49.4 Å². The van der Waals surface area contributed by atoms with Crippen molar-refractivity contribution in [3.05, 3.63) is 36.3 Å². The summed E-state index contributed by atoms with van der Waals surface area (Å²) in [6, 6.07) is 7.55. The summed E-state index contributed by atoms with van der Waals surface area (Å²) in [7, 11) is 1.63. The SMILES string of the molecule is COc1ccc(-n2nnc3cnc(C[C@H]4CC[C@H](C(N)=O)C4)nc32)cc1. The number of benzene rings is 1. The third kappa shape index (κ3) is 3.10. The van der Waals surface area contributed by atoms with E-state index in [4.69, 9.17) is 10.5 Å². The fraction of sp³-hybridized carbons (Fsp3) is 0.389. The number of fused-ring (bicyclic) bond motifs is 1. The van der Waals surface area contributed by atoms with E-state index >= 15 is 0 Å². The third-order valence-electron chi connectivity index (χ3n) is 4.97. The average Bonchev–Trinajstić information content (AvgIpc) is 3.29. The second-order valence-electron chi connectivity index (χ2n) is 6.68. The van der Waals surface area contributed by atoms with Crippen molar-refractivity contribution < 1.29 is 9.53 Å². The molecule has 0 spiro atoms. The van der Waals surface area contributed by atoms with Gasteiger partial charge < -0.3 is 10.5 Å². The minimum absolute atomic E-state index is 0.0183. The molecule has 8 heteroatoms. The molecular weight excluding hydrogens is 332 g/mol. The Morgan fingerprint density at radius 3 is 2.81 bits per heavy atom. The van der Waals surface area contributed by atoms with Gasteiger partial charge in [0.15, 0.2) is 11.2 Å². The molecule has 1 aliphatic carbocycles. The fourth-order valence-corrected chi connectivity index (χ4v) is 3.54. The Balaban J connectivity index is 1.59. The molecule has 26 heavy (non-hydrogen) atoms. The monoisotopic (exact) mass is 352 g/mol. The summed E-state index contributed by atoms with van der Waals surface area (Å²) in [5, 5.41) is 8.33. The molecule has 2 aromatic heterocycles. The Morgan fingerprint density at radius 1 is 1.31 bits per heavy atom. The first-order chi connectivity index (χ1) is 12.6. The van der Waals surface area contributed by atoms with Crippen molar-refractivity contribution in [2.45, 2.75) is 25.7 Å².